The lowest BCUT2D eigenvalue weighted by Crippen LogP contribution is -2.29. The number of likely N-dealkylation sites (tertiary alicyclic amines) is 1. The molecule has 2 N–H and O–H groups in total. The van der Waals surface area contributed by atoms with Crippen LogP contribution in [0, 0.1) is 5.92 Å². The highest BCUT2D eigenvalue weighted by molar-refractivity contribution is 7.17. The van der Waals surface area contributed by atoms with Crippen LogP contribution in [0.15, 0.2) is 6.20 Å². The molecular formula is C12H19N3O2S. The maximum Gasteiger partial charge on any atom is 0.347 e. The molecule has 0 aromatic carbocycles. The van der Waals surface area contributed by atoms with E-state index in [0.717, 1.165) is 19.6 Å². The summed E-state index contributed by atoms with van der Waals surface area (Å²) in [6.45, 7) is 7.57. The minimum Gasteiger partial charge on any atom is -0.477 e. The maximum atomic E-state index is 10.7. The third-order valence-electron chi connectivity index (χ3n) is 3.31. The fourth-order valence-corrected chi connectivity index (χ4v) is 2.85. The first kappa shape index (κ1) is 13.3. The lowest BCUT2D eigenvalue weighted by atomic mass is 10.1. The molecule has 18 heavy (non-hydrogen) atoms. The van der Waals surface area contributed by atoms with Gasteiger partial charge in [-0.25, -0.2) is 9.78 Å². The zero-order valence-electron chi connectivity index (χ0n) is 10.7. The van der Waals surface area contributed by atoms with Crippen molar-refractivity contribution in [2.75, 3.05) is 25.0 Å². The summed E-state index contributed by atoms with van der Waals surface area (Å²) < 4.78 is 0. The van der Waals surface area contributed by atoms with Gasteiger partial charge in [0.05, 0.1) is 6.20 Å². The summed E-state index contributed by atoms with van der Waals surface area (Å²) in [4.78, 5) is 17.5. The number of carboxylic acid groups (broad SMARTS) is 1. The number of hydrogen-bond donors (Lipinski definition) is 2. The maximum absolute atomic E-state index is 10.7. The van der Waals surface area contributed by atoms with Gasteiger partial charge in [-0.2, -0.15) is 0 Å². The van der Waals surface area contributed by atoms with E-state index in [2.05, 4.69) is 29.0 Å². The second kappa shape index (κ2) is 5.67. The Morgan fingerprint density at radius 2 is 2.50 bits per heavy atom. The predicted octanol–water partition coefficient (Wildman–Crippen LogP) is 1.98. The van der Waals surface area contributed by atoms with Gasteiger partial charge in [0.25, 0.3) is 0 Å². The minimum absolute atomic E-state index is 0.285. The number of carboxylic acids is 1. The Morgan fingerprint density at radius 3 is 3.06 bits per heavy atom. The van der Waals surface area contributed by atoms with E-state index in [1.54, 1.807) is 0 Å². The van der Waals surface area contributed by atoms with Gasteiger partial charge in [-0.05, 0) is 32.7 Å². The average Bonchev–Trinajstić information content (AvgIpc) is 2.95. The summed E-state index contributed by atoms with van der Waals surface area (Å²) in [6, 6.07) is 0.605. The molecule has 0 bridgehead atoms. The van der Waals surface area contributed by atoms with Gasteiger partial charge in [0, 0.05) is 19.1 Å². The monoisotopic (exact) mass is 269 g/mol. The van der Waals surface area contributed by atoms with Gasteiger partial charge in [-0.3, -0.25) is 0 Å². The van der Waals surface area contributed by atoms with Crippen molar-refractivity contribution in [3.8, 4) is 0 Å². The van der Waals surface area contributed by atoms with Crippen LogP contribution in [-0.2, 0) is 0 Å². The summed E-state index contributed by atoms with van der Waals surface area (Å²) in [5, 5.41) is 12.8. The number of carbonyl (C=O) groups is 1. The Hall–Kier alpha value is -1.14. The van der Waals surface area contributed by atoms with Crippen LogP contribution < -0.4 is 5.32 Å². The first-order valence-electron chi connectivity index (χ1n) is 6.23. The number of nitrogens with zero attached hydrogens (tertiary/aromatic N) is 2. The molecule has 100 valence electrons. The van der Waals surface area contributed by atoms with Crippen LogP contribution in [0.4, 0.5) is 5.13 Å². The van der Waals surface area contributed by atoms with Crippen LogP contribution in [0.2, 0.25) is 0 Å². The van der Waals surface area contributed by atoms with Crippen molar-refractivity contribution >= 4 is 22.4 Å². The zero-order valence-corrected chi connectivity index (χ0v) is 11.5. The van der Waals surface area contributed by atoms with Crippen molar-refractivity contribution in [1.29, 1.82) is 0 Å². The molecule has 0 saturated carbocycles. The van der Waals surface area contributed by atoms with E-state index in [0.29, 0.717) is 17.1 Å². The molecule has 1 aromatic heterocycles. The second-order valence-electron chi connectivity index (χ2n) is 4.96. The lowest BCUT2D eigenvalue weighted by Gasteiger charge is -2.20. The molecule has 1 aliphatic rings. The van der Waals surface area contributed by atoms with Crippen molar-refractivity contribution < 1.29 is 9.90 Å². The molecule has 0 aliphatic carbocycles. The molecule has 2 rings (SSSR count). The Bertz CT molecular complexity index is 419. The number of anilines is 1. The minimum atomic E-state index is -0.910. The third kappa shape index (κ3) is 3.20. The predicted molar refractivity (Wildman–Crippen MR) is 72.4 cm³/mol. The molecule has 0 spiro atoms. The number of thiazole rings is 1. The molecule has 1 fully saturated rings. The average molecular weight is 269 g/mol. The molecule has 1 aromatic rings. The zero-order chi connectivity index (χ0) is 13.1. The third-order valence-corrected chi connectivity index (χ3v) is 4.25. The van der Waals surface area contributed by atoms with Crippen molar-refractivity contribution in [2.45, 2.75) is 26.3 Å². The highest BCUT2D eigenvalue weighted by Crippen LogP contribution is 2.21. The van der Waals surface area contributed by atoms with E-state index < -0.39 is 5.97 Å². The van der Waals surface area contributed by atoms with Gasteiger partial charge in [-0.1, -0.05) is 11.3 Å². The van der Waals surface area contributed by atoms with E-state index >= 15 is 0 Å². The molecule has 1 unspecified atom stereocenters. The highest BCUT2D eigenvalue weighted by atomic mass is 32.1. The largest absolute Gasteiger partial charge is 0.477 e. The number of aromatic nitrogens is 1. The molecule has 1 atom stereocenters. The Kier molecular flexibility index (Phi) is 4.19. The van der Waals surface area contributed by atoms with Crippen molar-refractivity contribution in [1.82, 2.24) is 9.88 Å². The van der Waals surface area contributed by atoms with E-state index in [9.17, 15) is 4.79 Å². The molecule has 2 heterocycles. The first-order valence-corrected chi connectivity index (χ1v) is 7.05. The molecule has 5 nitrogen and oxygen atoms in total. The van der Waals surface area contributed by atoms with Gasteiger partial charge in [0.15, 0.2) is 5.13 Å². The van der Waals surface area contributed by atoms with E-state index in [-0.39, 0.29) is 4.88 Å². The van der Waals surface area contributed by atoms with Crippen LogP contribution in [-0.4, -0.2) is 46.6 Å². The van der Waals surface area contributed by atoms with Crippen molar-refractivity contribution in [2.24, 2.45) is 5.92 Å². The van der Waals surface area contributed by atoms with Gasteiger partial charge in [0.2, 0.25) is 0 Å². The molecule has 6 heteroatoms. The number of rotatable bonds is 5. The van der Waals surface area contributed by atoms with Crippen LogP contribution >= 0.6 is 11.3 Å². The van der Waals surface area contributed by atoms with E-state index in [4.69, 9.17) is 5.11 Å². The fourth-order valence-electron chi connectivity index (χ4n) is 2.18. The van der Waals surface area contributed by atoms with Crippen LogP contribution in [0.1, 0.15) is 29.9 Å². The number of hydrogen-bond acceptors (Lipinski definition) is 5. The highest BCUT2D eigenvalue weighted by Gasteiger charge is 2.24. The summed E-state index contributed by atoms with van der Waals surface area (Å²) in [5.74, 6) is -0.281. The van der Waals surface area contributed by atoms with Gasteiger partial charge < -0.3 is 15.3 Å². The molecule has 0 amide bonds. The number of aromatic carboxylic acids is 1. The second-order valence-corrected chi connectivity index (χ2v) is 5.99. The Balaban J connectivity index is 1.80. The molecule has 1 aliphatic heterocycles. The molecular weight excluding hydrogens is 250 g/mol. The summed E-state index contributed by atoms with van der Waals surface area (Å²) in [7, 11) is 0. The SMILES string of the molecule is CC(C)N1CCC(CNc2ncc(C(=O)O)s2)C1. The van der Waals surface area contributed by atoms with Crippen molar-refractivity contribution in [3.63, 3.8) is 0 Å². The van der Waals surface area contributed by atoms with Crippen LogP contribution in [0.5, 0.6) is 0 Å². The Labute approximate surface area is 111 Å². The van der Waals surface area contributed by atoms with Crippen LogP contribution in [0.3, 0.4) is 0 Å². The normalized spacial score (nSPS) is 20.5. The fraction of sp³-hybridized carbons (Fsp3) is 0.667. The molecule has 1 saturated heterocycles. The topological polar surface area (TPSA) is 65.5 Å². The van der Waals surface area contributed by atoms with E-state index in [1.165, 1.54) is 24.0 Å². The summed E-state index contributed by atoms with van der Waals surface area (Å²) in [5.41, 5.74) is 0. The van der Waals surface area contributed by atoms with Crippen molar-refractivity contribution in [3.05, 3.63) is 11.1 Å². The quantitative estimate of drug-likeness (QED) is 0.855. The summed E-state index contributed by atoms with van der Waals surface area (Å²) in [6.07, 6.45) is 2.60. The molecule has 0 radical (unpaired) electrons. The van der Waals surface area contributed by atoms with Gasteiger partial charge >= 0.3 is 5.97 Å². The smallest absolute Gasteiger partial charge is 0.347 e. The Morgan fingerprint density at radius 1 is 1.72 bits per heavy atom. The lowest BCUT2D eigenvalue weighted by molar-refractivity contribution is 0.0702. The van der Waals surface area contributed by atoms with Gasteiger partial charge in [-0.15, -0.1) is 0 Å². The first-order chi connectivity index (χ1) is 8.56. The van der Waals surface area contributed by atoms with E-state index in [1.807, 2.05) is 0 Å². The van der Waals surface area contributed by atoms with Crippen LogP contribution in [0.25, 0.3) is 0 Å². The number of nitrogens with one attached hydrogen (secondary N) is 1. The standard InChI is InChI=1S/C12H19N3O2S/c1-8(2)15-4-3-9(7-15)5-13-12-14-6-10(18-12)11(16)17/h6,8-9H,3-5,7H2,1-2H3,(H,13,14)(H,16,17). The summed E-state index contributed by atoms with van der Waals surface area (Å²) >= 11 is 1.20. The van der Waals surface area contributed by atoms with Gasteiger partial charge in [0.1, 0.15) is 4.88 Å².